The van der Waals surface area contributed by atoms with Crippen LogP contribution in [-0.2, 0) is 11.2 Å². The Balaban J connectivity index is 1.92. The van der Waals surface area contributed by atoms with Crippen molar-refractivity contribution in [2.24, 2.45) is 0 Å². The Hall–Kier alpha value is -2.35. The highest BCUT2D eigenvalue weighted by molar-refractivity contribution is 5.89. The number of fused-ring (bicyclic) bond motifs is 1. The molecule has 0 heterocycles. The Morgan fingerprint density at radius 3 is 2.38 bits per heavy atom. The molecule has 0 saturated carbocycles. The van der Waals surface area contributed by atoms with Crippen LogP contribution < -0.4 is 0 Å². The first-order valence-electron chi connectivity index (χ1n) is 8.57. The maximum atomic E-state index is 11.2. The summed E-state index contributed by atoms with van der Waals surface area (Å²) in [6, 6.07) is 17.1. The van der Waals surface area contributed by atoms with Gasteiger partial charge in [-0.1, -0.05) is 68.0 Å². The van der Waals surface area contributed by atoms with E-state index in [1.165, 1.54) is 22.3 Å². The standard InChI is InChI=1S/C22H24O2/c1-14(2)17-10-8-16(9-11-17)12-20-15(3)21(13-22(23)24)19-7-5-4-6-18(19)20/h4-11,14,20H,12-13H2,1-3H3,(H,23,24). The first-order valence-corrected chi connectivity index (χ1v) is 8.57. The van der Waals surface area contributed by atoms with Gasteiger partial charge in [0.15, 0.2) is 0 Å². The highest BCUT2D eigenvalue weighted by atomic mass is 16.4. The molecule has 0 aliphatic heterocycles. The second kappa shape index (κ2) is 6.64. The summed E-state index contributed by atoms with van der Waals surface area (Å²) >= 11 is 0. The number of carboxylic acid groups (broad SMARTS) is 1. The van der Waals surface area contributed by atoms with Crippen LogP contribution in [0.3, 0.4) is 0 Å². The van der Waals surface area contributed by atoms with Crippen molar-refractivity contribution in [1.29, 1.82) is 0 Å². The Bertz CT molecular complexity index is 782. The lowest BCUT2D eigenvalue weighted by atomic mass is 9.89. The maximum Gasteiger partial charge on any atom is 0.307 e. The van der Waals surface area contributed by atoms with E-state index in [1.54, 1.807) is 0 Å². The van der Waals surface area contributed by atoms with E-state index in [4.69, 9.17) is 0 Å². The van der Waals surface area contributed by atoms with Crippen molar-refractivity contribution < 1.29 is 9.90 Å². The molecule has 3 rings (SSSR count). The normalized spacial score (nSPS) is 16.6. The van der Waals surface area contributed by atoms with Crippen LogP contribution in [0, 0.1) is 0 Å². The van der Waals surface area contributed by atoms with E-state index >= 15 is 0 Å². The van der Waals surface area contributed by atoms with Crippen LogP contribution >= 0.6 is 0 Å². The molecule has 0 fully saturated rings. The minimum Gasteiger partial charge on any atom is -0.481 e. The molecule has 1 atom stereocenters. The SMILES string of the molecule is CC1=C(CC(=O)O)c2ccccc2C1Cc1ccc(C(C)C)cc1. The number of aliphatic carboxylic acids is 1. The highest BCUT2D eigenvalue weighted by Gasteiger charge is 2.29. The second-order valence-electron chi connectivity index (χ2n) is 6.97. The predicted octanol–water partition coefficient (Wildman–Crippen LogP) is 5.40. The molecule has 0 radical (unpaired) electrons. The number of rotatable bonds is 5. The molecule has 1 aliphatic carbocycles. The second-order valence-corrected chi connectivity index (χ2v) is 6.97. The van der Waals surface area contributed by atoms with Gasteiger partial charge in [-0.15, -0.1) is 0 Å². The zero-order valence-corrected chi connectivity index (χ0v) is 14.5. The summed E-state index contributed by atoms with van der Waals surface area (Å²) in [5, 5.41) is 9.24. The van der Waals surface area contributed by atoms with Crippen LogP contribution in [0.4, 0.5) is 0 Å². The summed E-state index contributed by atoms with van der Waals surface area (Å²) in [6.45, 7) is 6.49. The molecule has 2 aromatic carbocycles. The molecule has 0 spiro atoms. The fourth-order valence-electron chi connectivity index (χ4n) is 3.65. The van der Waals surface area contributed by atoms with Crippen molar-refractivity contribution in [3.63, 3.8) is 0 Å². The van der Waals surface area contributed by atoms with Crippen LogP contribution in [0.2, 0.25) is 0 Å². The third-order valence-electron chi connectivity index (χ3n) is 5.07. The molecule has 2 heteroatoms. The van der Waals surface area contributed by atoms with E-state index in [9.17, 15) is 9.90 Å². The quantitative estimate of drug-likeness (QED) is 0.801. The van der Waals surface area contributed by atoms with E-state index in [0.29, 0.717) is 5.92 Å². The van der Waals surface area contributed by atoms with Gasteiger partial charge in [0.1, 0.15) is 0 Å². The minimum absolute atomic E-state index is 0.103. The molecule has 1 N–H and O–H groups in total. The van der Waals surface area contributed by atoms with Crippen molar-refractivity contribution in [1.82, 2.24) is 0 Å². The molecule has 2 aromatic rings. The van der Waals surface area contributed by atoms with Gasteiger partial charge in [0.2, 0.25) is 0 Å². The van der Waals surface area contributed by atoms with Crippen molar-refractivity contribution in [3.05, 3.63) is 76.4 Å². The van der Waals surface area contributed by atoms with Crippen LogP contribution in [0.1, 0.15) is 61.3 Å². The highest BCUT2D eigenvalue weighted by Crippen LogP contribution is 2.44. The maximum absolute atomic E-state index is 11.2. The third-order valence-corrected chi connectivity index (χ3v) is 5.07. The summed E-state index contributed by atoms with van der Waals surface area (Å²) in [7, 11) is 0. The molecule has 1 aliphatic rings. The number of benzene rings is 2. The fourth-order valence-corrected chi connectivity index (χ4v) is 3.65. The van der Waals surface area contributed by atoms with Crippen molar-refractivity contribution in [2.45, 2.75) is 45.4 Å². The van der Waals surface area contributed by atoms with Crippen LogP contribution in [0.25, 0.3) is 5.57 Å². The van der Waals surface area contributed by atoms with E-state index in [0.717, 1.165) is 17.6 Å². The van der Waals surface area contributed by atoms with Gasteiger partial charge in [0.05, 0.1) is 6.42 Å². The van der Waals surface area contributed by atoms with Crippen molar-refractivity contribution in [3.8, 4) is 0 Å². The Kier molecular flexibility index (Phi) is 4.57. The first kappa shape index (κ1) is 16.5. The van der Waals surface area contributed by atoms with Gasteiger partial charge in [-0.2, -0.15) is 0 Å². The number of hydrogen-bond acceptors (Lipinski definition) is 1. The molecule has 124 valence electrons. The average molecular weight is 320 g/mol. The Morgan fingerprint density at radius 2 is 1.75 bits per heavy atom. The largest absolute Gasteiger partial charge is 0.481 e. The van der Waals surface area contributed by atoms with Crippen LogP contribution in [0.5, 0.6) is 0 Å². The van der Waals surface area contributed by atoms with E-state index < -0.39 is 5.97 Å². The molecule has 2 nitrogen and oxygen atoms in total. The predicted molar refractivity (Wildman–Crippen MR) is 98.3 cm³/mol. The van der Waals surface area contributed by atoms with Gasteiger partial charge >= 0.3 is 5.97 Å². The van der Waals surface area contributed by atoms with E-state index in [2.05, 4.69) is 57.2 Å². The summed E-state index contributed by atoms with van der Waals surface area (Å²) in [4.78, 5) is 11.2. The third kappa shape index (κ3) is 3.14. The lowest BCUT2D eigenvalue weighted by Gasteiger charge is -2.15. The van der Waals surface area contributed by atoms with Gasteiger partial charge < -0.3 is 5.11 Å². The smallest absolute Gasteiger partial charge is 0.307 e. The molecular formula is C22H24O2. The molecular weight excluding hydrogens is 296 g/mol. The van der Waals surface area contributed by atoms with Gasteiger partial charge in [0.25, 0.3) is 0 Å². The van der Waals surface area contributed by atoms with Gasteiger partial charge in [-0.05, 0) is 47.1 Å². The lowest BCUT2D eigenvalue weighted by Crippen LogP contribution is -2.02. The van der Waals surface area contributed by atoms with Crippen molar-refractivity contribution >= 4 is 11.5 Å². The number of allylic oxidation sites excluding steroid dienone is 1. The molecule has 1 unspecified atom stereocenters. The number of carboxylic acids is 1. The lowest BCUT2D eigenvalue weighted by molar-refractivity contribution is -0.135. The fraction of sp³-hybridized carbons (Fsp3) is 0.318. The van der Waals surface area contributed by atoms with E-state index in [-0.39, 0.29) is 12.3 Å². The molecule has 0 amide bonds. The van der Waals surface area contributed by atoms with Gasteiger partial charge in [-0.25, -0.2) is 0 Å². The zero-order chi connectivity index (χ0) is 17.3. The van der Waals surface area contributed by atoms with Crippen LogP contribution in [0.15, 0.2) is 54.1 Å². The molecule has 0 saturated heterocycles. The Morgan fingerprint density at radius 1 is 1.08 bits per heavy atom. The summed E-state index contributed by atoms with van der Waals surface area (Å²) in [5.74, 6) is 0.0524. The molecule has 24 heavy (non-hydrogen) atoms. The molecule has 0 aromatic heterocycles. The summed E-state index contributed by atoms with van der Waals surface area (Å²) in [5.41, 5.74) is 7.22. The minimum atomic E-state index is -0.763. The summed E-state index contributed by atoms with van der Waals surface area (Å²) in [6.07, 6.45) is 1.02. The average Bonchev–Trinajstić information content (AvgIpc) is 2.81. The number of carbonyl (C=O) groups is 1. The van der Waals surface area contributed by atoms with E-state index in [1.807, 2.05) is 12.1 Å². The topological polar surface area (TPSA) is 37.3 Å². The Labute approximate surface area is 143 Å². The monoisotopic (exact) mass is 320 g/mol. The van der Waals surface area contributed by atoms with Crippen LogP contribution in [-0.4, -0.2) is 11.1 Å². The zero-order valence-electron chi connectivity index (χ0n) is 14.5. The van der Waals surface area contributed by atoms with Crippen molar-refractivity contribution in [2.75, 3.05) is 0 Å². The number of hydrogen-bond donors (Lipinski definition) is 1. The molecule has 0 bridgehead atoms. The van der Waals surface area contributed by atoms with Gasteiger partial charge in [-0.3, -0.25) is 4.79 Å². The van der Waals surface area contributed by atoms with Gasteiger partial charge in [0, 0.05) is 5.92 Å². The first-order chi connectivity index (χ1) is 11.5. The summed E-state index contributed by atoms with van der Waals surface area (Å²) < 4.78 is 0.